The van der Waals surface area contributed by atoms with E-state index in [1.54, 1.807) is 0 Å². The van der Waals surface area contributed by atoms with Crippen LogP contribution in [0.2, 0.25) is 0 Å². The Morgan fingerprint density at radius 3 is 1.12 bits per heavy atom. The van der Waals surface area contributed by atoms with Crippen LogP contribution in [0.25, 0.3) is 0 Å². The largest absolute Gasteiger partial charge is 0 e. The van der Waals surface area contributed by atoms with Crippen LogP contribution in [0.5, 0.6) is 0 Å². The van der Waals surface area contributed by atoms with Crippen LogP contribution in [0.4, 0.5) is 0 Å². The van der Waals surface area contributed by atoms with Crippen molar-refractivity contribution in [3.8, 4) is 0 Å². The third-order valence-electron chi connectivity index (χ3n) is 0. The van der Waals surface area contributed by atoms with Crippen molar-refractivity contribution in [1.82, 2.24) is 0 Å². The summed E-state index contributed by atoms with van der Waals surface area (Å²) in [5.74, 6) is 0. The molecule has 0 rings (SSSR count). The van der Waals surface area contributed by atoms with E-state index < -0.39 is 7.82 Å². The van der Waals surface area contributed by atoms with Crippen molar-refractivity contribution in [2.45, 2.75) is 0 Å². The Kier molecular flexibility index (Phi) is 23.6. The van der Waals surface area contributed by atoms with Gasteiger partial charge in [-0.25, -0.2) is 4.57 Å². The van der Waals surface area contributed by atoms with Gasteiger partial charge < -0.3 is 20.2 Å². The quantitative estimate of drug-likeness (QED) is 0.281. The summed E-state index contributed by atoms with van der Waals surface area (Å²) < 4.78 is 8.88. The van der Waals surface area contributed by atoms with Gasteiger partial charge in [0.05, 0.1) is 0 Å². The van der Waals surface area contributed by atoms with Crippen LogP contribution in [0.3, 0.4) is 0 Å². The molecule has 0 bridgehead atoms. The first kappa shape index (κ1) is 22.8. The summed E-state index contributed by atoms with van der Waals surface area (Å²) in [4.78, 5) is 21.6. The minimum Gasteiger partial charge on any atom is 0 e. The Hall–Kier alpha value is 1.25. The molecule has 0 aromatic heterocycles. The maximum Gasteiger partial charge on any atom is 0 e. The molecule has 0 aromatic rings. The van der Waals surface area contributed by atoms with Crippen molar-refractivity contribution in [2.24, 2.45) is 0 Å². The van der Waals surface area contributed by atoms with Crippen LogP contribution >= 0.6 is 7.82 Å². The molecular formula is H6LiO5PV. The van der Waals surface area contributed by atoms with Gasteiger partial charge in [-0.05, 0) is 0 Å². The van der Waals surface area contributed by atoms with E-state index in [0.717, 1.165) is 0 Å². The first-order chi connectivity index (χ1) is 2.00. The third-order valence-corrected chi connectivity index (χ3v) is 0. The average Bonchev–Trinajstić information content (AvgIpc) is 0.722. The summed E-state index contributed by atoms with van der Waals surface area (Å²) in [6.07, 6.45) is 0. The SMILES string of the molecule is O.O=P(O)(O)O.[LiH].[V]. The first-order valence-corrected chi connectivity index (χ1v) is 2.35. The Morgan fingerprint density at radius 2 is 1.12 bits per heavy atom. The Morgan fingerprint density at radius 1 is 1.12 bits per heavy atom. The summed E-state index contributed by atoms with van der Waals surface area (Å²) in [5.41, 5.74) is 0. The van der Waals surface area contributed by atoms with Gasteiger partial charge in [-0.1, -0.05) is 0 Å². The molecule has 0 amide bonds. The molecule has 0 aliphatic heterocycles. The Balaban J connectivity index is -0.0000000267. The molecule has 0 aromatic carbocycles. The van der Waals surface area contributed by atoms with Crippen LogP contribution in [-0.2, 0) is 23.1 Å². The fourth-order valence-electron chi connectivity index (χ4n) is 0. The summed E-state index contributed by atoms with van der Waals surface area (Å²) in [6, 6.07) is 0. The van der Waals surface area contributed by atoms with Crippen molar-refractivity contribution < 1.29 is 43.3 Å². The second-order valence-corrected chi connectivity index (χ2v) is 1.54. The van der Waals surface area contributed by atoms with E-state index in [9.17, 15) is 0 Å². The van der Waals surface area contributed by atoms with Gasteiger partial charge in [0, 0.05) is 18.6 Å². The van der Waals surface area contributed by atoms with Gasteiger partial charge in [-0.15, -0.1) is 0 Å². The van der Waals surface area contributed by atoms with E-state index >= 15 is 0 Å². The summed E-state index contributed by atoms with van der Waals surface area (Å²) >= 11 is 0. The van der Waals surface area contributed by atoms with Gasteiger partial charge in [0.25, 0.3) is 0 Å². The number of rotatable bonds is 0. The van der Waals surface area contributed by atoms with Crippen LogP contribution in [0.15, 0.2) is 0 Å². The number of phosphoric acid groups is 1. The monoisotopic (exact) mass is 175 g/mol. The molecular weight excluding hydrogens is 169 g/mol. The van der Waals surface area contributed by atoms with E-state index in [1.807, 2.05) is 0 Å². The van der Waals surface area contributed by atoms with Gasteiger partial charge in [-0.3, -0.25) is 0 Å². The molecule has 0 heterocycles. The molecule has 0 aliphatic rings. The number of hydrogen-bond acceptors (Lipinski definition) is 1. The fraction of sp³-hybridized carbons (Fsp3) is 0. The molecule has 5 N–H and O–H groups in total. The van der Waals surface area contributed by atoms with Crippen molar-refractivity contribution >= 4 is 26.7 Å². The van der Waals surface area contributed by atoms with Gasteiger partial charge in [-0.2, -0.15) is 0 Å². The smallest absolute Gasteiger partial charge is 0 e. The molecule has 0 unspecified atom stereocenters. The predicted octanol–water partition coefficient (Wildman–Crippen LogP) is -2.40. The number of hydrogen-bond donors (Lipinski definition) is 3. The topological polar surface area (TPSA) is 109 Å². The zero-order valence-corrected chi connectivity index (χ0v) is 5.44. The van der Waals surface area contributed by atoms with Gasteiger partial charge in [0.1, 0.15) is 0 Å². The van der Waals surface area contributed by atoms with Crippen LogP contribution < -0.4 is 0 Å². The molecule has 0 atom stereocenters. The molecule has 47 valence electrons. The summed E-state index contributed by atoms with van der Waals surface area (Å²) in [7, 11) is -4.64. The van der Waals surface area contributed by atoms with Crippen LogP contribution in [-0.4, -0.2) is 39.0 Å². The minimum absolute atomic E-state index is 0. The fourth-order valence-corrected chi connectivity index (χ4v) is 0. The van der Waals surface area contributed by atoms with Crippen LogP contribution in [0.1, 0.15) is 0 Å². The van der Waals surface area contributed by atoms with Gasteiger partial charge >= 0.3 is 26.7 Å². The normalized spacial score (nSPS) is 7.38. The zero-order valence-electron chi connectivity index (χ0n) is 3.14. The van der Waals surface area contributed by atoms with Crippen molar-refractivity contribution in [3.05, 3.63) is 0 Å². The summed E-state index contributed by atoms with van der Waals surface area (Å²) in [5, 5.41) is 0. The third kappa shape index (κ3) is 181. The van der Waals surface area contributed by atoms with E-state index in [-0.39, 0.29) is 42.9 Å². The van der Waals surface area contributed by atoms with Crippen molar-refractivity contribution in [2.75, 3.05) is 0 Å². The molecule has 1 radical (unpaired) electrons. The summed E-state index contributed by atoms with van der Waals surface area (Å²) in [6.45, 7) is 0. The molecule has 8 heteroatoms. The predicted molar refractivity (Wildman–Crippen MR) is 25.0 cm³/mol. The van der Waals surface area contributed by atoms with E-state index in [1.165, 1.54) is 0 Å². The van der Waals surface area contributed by atoms with E-state index in [4.69, 9.17) is 19.2 Å². The van der Waals surface area contributed by atoms with Gasteiger partial charge in [0.15, 0.2) is 0 Å². The minimum atomic E-state index is -4.64. The maximum atomic E-state index is 8.88. The molecule has 0 spiro atoms. The van der Waals surface area contributed by atoms with Crippen molar-refractivity contribution in [1.29, 1.82) is 0 Å². The van der Waals surface area contributed by atoms with Crippen molar-refractivity contribution in [3.63, 3.8) is 0 Å². The van der Waals surface area contributed by atoms with Gasteiger partial charge in [0.2, 0.25) is 0 Å². The molecule has 5 nitrogen and oxygen atoms in total. The Bertz CT molecular complexity index is 58.6. The second-order valence-electron chi connectivity index (χ2n) is 0.513. The molecule has 0 saturated heterocycles. The second kappa shape index (κ2) is 8.25. The van der Waals surface area contributed by atoms with Crippen LogP contribution in [0, 0.1) is 0 Å². The first-order valence-electron chi connectivity index (χ1n) is 0.783. The zero-order chi connectivity index (χ0) is 4.50. The molecule has 8 heavy (non-hydrogen) atoms. The molecule has 0 aliphatic carbocycles. The standard InChI is InChI=1S/Li.H3O4P.H2O.V.H/c;1-5(2,3)4;;;/h;(H3,1,2,3,4);1H2;;. The van der Waals surface area contributed by atoms with E-state index in [0.29, 0.717) is 0 Å². The van der Waals surface area contributed by atoms with E-state index in [2.05, 4.69) is 0 Å². The Labute approximate surface area is 70.1 Å². The molecule has 0 saturated carbocycles. The maximum absolute atomic E-state index is 8.88. The average molecular weight is 175 g/mol. The molecule has 0 fully saturated rings.